The Hall–Kier alpha value is -0.0800. The normalized spacial score (nSPS) is 37.8. The van der Waals surface area contributed by atoms with E-state index in [0.717, 1.165) is 12.0 Å². The minimum Gasteiger partial charge on any atom is -0.312 e. The van der Waals surface area contributed by atoms with Gasteiger partial charge in [-0.1, -0.05) is 6.92 Å². The standard InChI is InChI=1S/C10H20N2/c1-9-4-5-11-10(9)8-12-6-2-3-7-12/h9-11H,2-8H2,1H3. The van der Waals surface area contributed by atoms with E-state index in [4.69, 9.17) is 0 Å². The van der Waals surface area contributed by atoms with Crippen LogP contribution < -0.4 is 5.32 Å². The fourth-order valence-corrected chi connectivity index (χ4v) is 2.39. The maximum absolute atomic E-state index is 3.59. The highest BCUT2D eigenvalue weighted by atomic mass is 15.2. The van der Waals surface area contributed by atoms with E-state index in [1.165, 1.54) is 45.4 Å². The molecule has 2 aliphatic heterocycles. The van der Waals surface area contributed by atoms with E-state index in [2.05, 4.69) is 17.1 Å². The third kappa shape index (κ3) is 1.80. The molecule has 2 aliphatic rings. The highest BCUT2D eigenvalue weighted by Gasteiger charge is 2.25. The van der Waals surface area contributed by atoms with Crippen molar-refractivity contribution in [3.63, 3.8) is 0 Å². The van der Waals surface area contributed by atoms with E-state index in [-0.39, 0.29) is 0 Å². The van der Waals surface area contributed by atoms with Gasteiger partial charge in [0.05, 0.1) is 0 Å². The second-order valence-electron chi connectivity index (χ2n) is 4.33. The van der Waals surface area contributed by atoms with Crippen molar-refractivity contribution >= 4 is 0 Å². The Morgan fingerprint density at radius 2 is 2.08 bits per heavy atom. The number of hydrogen-bond acceptors (Lipinski definition) is 2. The summed E-state index contributed by atoms with van der Waals surface area (Å²) in [5.74, 6) is 0.894. The highest BCUT2D eigenvalue weighted by molar-refractivity contribution is 4.84. The van der Waals surface area contributed by atoms with Gasteiger partial charge >= 0.3 is 0 Å². The Morgan fingerprint density at radius 1 is 1.33 bits per heavy atom. The van der Waals surface area contributed by atoms with Gasteiger partial charge in [-0.2, -0.15) is 0 Å². The summed E-state index contributed by atoms with van der Waals surface area (Å²) < 4.78 is 0. The first-order valence-corrected chi connectivity index (χ1v) is 5.32. The third-order valence-electron chi connectivity index (χ3n) is 3.35. The van der Waals surface area contributed by atoms with Crippen molar-refractivity contribution in [2.24, 2.45) is 5.92 Å². The van der Waals surface area contributed by atoms with Crippen molar-refractivity contribution in [3.05, 3.63) is 0 Å². The number of rotatable bonds is 2. The molecule has 70 valence electrons. The second-order valence-corrected chi connectivity index (χ2v) is 4.33. The van der Waals surface area contributed by atoms with E-state index in [1.807, 2.05) is 0 Å². The molecule has 2 atom stereocenters. The van der Waals surface area contributed by atoms with Crippen molar-refractivity contribution in [1.82, 2.24) is 10.2 Å². The lowest BCUT2D eigenvalue weighted by Crippen LogP contribution is -2.38. The van der Waals surface area contributed by atoms with Crippen LogP contribution in [0.5, 0.6) is 0 Å². The molecule has 0 bridgehead atoms. The summed E-state index contributed by atoms with van der Waals surface area (Å²) >= 11 is 0. The molecule has 2 unspecified atom stereocenters. The zero-order valence-corrected chi connectivity index (χ0v) is 8.05. The van der Waals surface area contributed by atoms with Crippen LogP contribution in [0.15, 0.2) is 0 Å². The van der Waals surface area contributed by atoms with Crippen LogP contribution in [0.1, 0.15) is 26.2 Å². The maximum Gasteiger partial charge on any atom is 0.0221 e. The first-order valence-electron chi connectivity index (χ1n) is 5.32. The van der Waals surface area contributed by atoms with E-state index in [1.54, 1.807) is 0 Å². The molecule has 0 aromatic rings. The van der Waals surface area contributed by atoms with E-state index >= 15 is 0 Å². The van der Waals surface area contributed by atoms with Crippen molar-refractivity contribution in [2.75, 3.05) is 26.2 Å². The smallest absolute Gasteiger partial charge is 0.0221 e. The molecule has 0 spiro atoms. The fourth-order valence-electron chi connectivity index (χ4n) is 2.39. The summed E-state index contributed by atoms with van der Waals surface area (Å²) in [7, 11) is 0. The molecule has 2 heterocycles. The molecule has 2 heteroatoms. The molecule has 1 N–H and O–H groups in total. The van der Waals surface area contributed by atoms with Gasteiger partial charge < -0.3 is 10.2 Å². The molecule has 0 radical (unpaired) electrons. The number of likely N-dealkylation sites (tertiary alicyclic amines) is 1. The van der Waals surface area contributed by atoms with Gasteiger partial charge in [-0.05, 0) is 44.8 Å². The Labute approximate surface area is 75.3 Å². The van der Waals surface area contributed by atoms with Crippen LogP contribution in [0, 0.1) is 5.92 Å². The van der Waals surface area contributed by atoms with Crippen LogP contribution in [0.2, 0.25) is 0 Å². The molecular weight excluding hydrogens is 148 g/mol. The molecule has 2 saturated heterocycles. The fraction of sp³-hybridized carbons (Fsp3) is 1.00. The van der Waals surface area contributed by atoms with Gasteiger partial charge in [-0.15, -0.1) is 0 Å². The quantitative estimate of drug-likeness (QED) is 0.664. The lowest BCUT2D eigenvalue weighted by atomic mass is 10.0. The molecule has 0 aliphatic carbocycles. The highest BCUT2D eigenvalue weighted by Crippen LogP contribution is 2.17. The van der Waals surface area contributed by atoms with Crippen molar-refractivity contribution in [3.8, 4) is 0 Å². The third-order valence-corrected chi connectivity index (χ3v) is 3.35. The van der Waals surface area contributed by atoms with Crippen LogP contribution in [0.4, 0.5) is 0 Å². The van der Waals surface area contributed by atoms with Crippen molar-refractivity contribution in [1.29, 1.82) is 0 Å². The summed E-state index contributed by atoms with van der Waals surface area (Å²) in [4.78, 5) is 2.61. The Kier molecular flexibility index (Phi) is 2.66. The van der Waals surface area contributed by atoms with E-state index < -0.39 is 0 Å². The zero-order valence-electron chi connectivity index (χ0n) is 8.05. The molecule has 2 nitrogen and oxygen atoms in total. The van der Waals surface area contributed by atoms with Crippen LogP contribution in [0.25, 0.3) is 0 Å². The van der Waals surface area contributed by atoms with Gasteiger partial charge in [-0.25, -0.2) is 0 Å². The predicted octanol–water partition coefficient (Wildman–Crippen LogP) is 1.08. The second kappa shape index (κ2) is 3.75. The Balaban J connectivity index is 1.77. The monoisotopic (exact) mass is 168 g/mol. The molecule has 0 aromatic carbocycles. The van der Waals surface area contributed by atoms with Gasteiger partial charge in [-0.3, -0.25) is 0 Å². The van der Waals surface area contributed by atoms with Gasteiger partial charge in [0.2, 0.25) is 0 Å². The van der Waals surface area contributed by atoms with Crippen molar-refractivity contribution < 1.29 is 0 Å². The predicted molar refractivity (Wildman–Crippen MR) is 51.2 cm³/mol. The first kappa shape index (κ1) is 8.52. The Morgan fingerprint density at radius 3 is 2.67 bits per heavy atom. The van der Waals surface area contributed by atoms with Gasteiger partial charge in [0.1, 0.15) is 0 Å². The summed E-state index contributed by atoms with van der Waals surface area (Å²) in [5, 5.41) is 3.59. The molecule has 0 saturated carbocycles. The SMILES string of the molecule is CC1CCNC1CN1CCCC1. The first-order chi connectivity index (χ1) is 5.86. The van der Waals surface area contributed by atoms with Crippen LogP contribution in [-0.4, -0.2) is 37.1 Å². The van der Waals surface area contributed by atoms with Crippen molar-refractivity contribution in [2.45, 2.75) is 32.2 Å². The zero-order chi connectivity index (χ0) is 8.39. The number of nitrogens with one attached hydrogen (secondary N) is 1. The molecular formula is C10H20N2. The number of nitrogens with zero attached hydrogens (tertiary/aromatic N) is 1. The van der Waals surface area contributed by atoms with Gasteiger partial charge in [0, 0.05) is 12.6 Å². The van der Waals surface area contributed by atoms with Gasteiger partial charge in [0.25, 0.3) is 0 Å². The lowest BCUT2D eigenvalue weighted by Gasteiger charge is -2.22. The van der Waals surface area contributed by atoms with E-state index in [9.17, 15) is 0 Å². The molecule has 12 heavy (non-hydrogen) atoms. The minimum absolute atomic E-state index is 0.781. The average Bonchev–Trinajstić information content (AvgIpc) is 2.65. The van der Waals surface area contributed by atoms with E-state index in [0.29, 0.717) is 0 Å². The summed E-state index contributed by atoms with van der Waals surface area (Å²) in [6.45, 7) is 7.58. The van der Waals surface area contributed by atoms with Gasteiger partial charge in [0.15, 0.2) is 0 Å². The van der Waals surface area contributed by atoms with Crippen LogP contribution >= 0.6 is 0 Å². The Bertz CT molecular complexity index is 141. The average molecular weight is 168 g/mol. The van der Waals surface area contributed by atoms with Crippen LogP contribution in [-0.2, 0) is 0 Å². The maximum atomic E-state index is 3.59. The molecule has 2 rings (SSSR count). The molecule has 2 fully saturated rings. The summed E-state index contributed by atoms with van der Waals surface area (Å²) in [6.07, 6.45) is 4.21. The largest absolute Gasteiger partial charge is 0.312 e. The van der Waals surface area contributed by atoms with Crippen LogP contribution in [0.3, 0.4) is 0 Å². The lowest BCUT2D eigenvalue weighted by molar-refractivity contribution is 0.279. The summed E-state index contributed by atoms with van der Waals surface area (Å²) in [6, 6.07) is 0.781. The topological polar surface area (TPSA) is 15.3 Å². The minimum atomic E-state index is 0.781. The molecule has 0 aromatic heterocycles. The summed E-state index contributed by atoms with van der Waals surface area (Å²) in [5.41, 5.74) is 0. The number of hydrogen-bond donors (Lipinski definition) is 1. The molecule has 0 amide bonds.